The summed E-state index contributed by atoms with van der Waals surface area (Å²) in [6, 6.07) is 19.9. The van der Waals surface area contributed by atoms with E-state index in [1.165, 1.54) is 18.6 Å². The molecule has 2 amide bonds. The van der Waals surface area contributed by atoms with E-state index in [9.17, 15) is 9.59 Å². The lowest BCUT2D eigenvalue weighted by atomic mass is 9.97. The predicted octanol–water partition coefficient (Wildman–Crippen LogP) is 2.78. The number of carbonyl (C=O) groups excluding carboxylic acids is 2. The number of aromatic nitrogens is 2. The summed E-state index contributed by atoms with van der Waals surface area (Å²) in [7, 11) is 0. The number of benzene rings is 2. The van der Waals surface area contributed by atoms with Gasteiger partial charge in [-0.2, -0.15) is 0 Å². The maximum atomic E-state index is 13.2. The normalized spacial score (nSPS) is 13.6. The molecule has 0 radical (unpaired) electrons. The average Bonchev–Trinajstić information content (AvgIpc) is 2.74. The second kappa shape index (κ2) is 8.65. The number of carbonyl (C=O) groups is 2. The average molecular weight is 386 g/mol. The van der Waals surface area contributed by atoms with Crippen LogP contribution < -0.4 is 0 Å². The zero-order valence-corrected chi connectivity index (χ0v) is 16.0. The van der Waals surface area contributed by atoms with Gasteiger partial charge in [0.05, 0.1) is 12.1 Å². The van der Waals surface area contributed by atoms with Crippen molar-refractivity contribution < 1.29 is 9.59 Å². The minimum Gasteiger partial charge on any atom is -0.336 e. The van der Waals surface area contributed by atoms with Gasteiger partial charge in [0.2, 0.25) is 5.91 Å². The summed E-state index contributed by atoms with van der Waals surface area (Å²) in [4.78, 5) is 37.2. The molecule has 146 valence electrons. The van der Waals surface area contributed by atoms with Gasteiger partial charge in [-0.25, -0.2) is 4.98 Å². The summed E-state index contributed by atoms with van der Waals surface area (Å²) >= 11 is 0. The molecule has 0 saturated carbocycles. The van der Waals surface area contributed by atoms with Gasteiger partial charge in [0.15, 0.2) is 0 Å². The first-order valence-corrected chi connectivity index (χ1v) is 9.62. The highest BCUT2D eigenvalue weighted by atomic mass is 16.2. The second-order valence-corrected chi connectivity index (χ2v) is 7.16. The maximum Gasteiger partial charge on any atom is 0.274 e. The molecule has 3 aromatic rings. The standard InChI is InChI=1S/C23H22N4O2/c28-22(20-16-27(17-20)23(29)21-13-24-11-12-25-21)26(14-18-7-3-1-4-8-18)15-19-9-5-2-6-10-19/h1-13,20H,14-17H2. The van der Waals surface area contributed by atoms with Crippen LogP contribution in [0.5, 0.6) is 0 Å². The Morgan fingerprint density at radius 2 is 1.48 bits per heavy atom. The SMILES string of the molecule is O=C(c1cnccn1)N1CC(C(=O)N(Cc2ccccc2)Cc2ccccc2)C1. The van der Waals surface area contributed by atoms with Gasteiger partial charge in [-0.15, -0.1) is 0 Å². The van der Waals surface area contributed by atoms with Gasteiger partial charge in [0.25, 0.3) is 5.91 Å². The molecule has 1 aromatic heterocycles. The number of likely N-dealkylation sites (tertiary alicyclic amines) is 1. The molecule has 0 N–H and O–H groups in total. The Morgan fingerprint density at radius 3 is 2.00 bits per heavy atom. The highest BCUT2D eigenvalue weighted by Crippen LogP contribution is 2.22. The van der Waals surface area contributed by atoms with Crippen molar-refractivity contribution in [3.63, 3.8) is 0 Å². The monoisotopic (exact) mass is 386 g/mol. The first kappa shape index (κ1) is 18.8. The van der Waals surface area contributed by atoms with Crippen LogP contribution in [0.25, 0.3) is 0 Å². The molecule has 2 heterocycles. The molecule has 6 nitrogen and oxygen atoms in total. The van der Waals surface area contributed by atoms with E-state index >= 15 is 0 Å². The van der Waals surface area contributed by atoms with Crippen molar-refractivity contribution in [2.75, 3.05) is 13.1 Å². The third kappa shape index (κ3) is 4.48. The number of rotatable bonds is 6. The first-order valence-electron chi connectivity index (χ1n) is 9.62. The van der Waals surface area contributed by atoms with Crippen molar-refractivity contribution in [1.29, 1.82) is 0 Å². The molecule has 6 heteroatoms. The second-order valence-electron chi connectivity index (χ2n) is 7.16. The molecule has 0 atom stereocenters. The van der Waals surface area contributed by atoms with Gasteiger partial charge < -0.3 is 9.80 Å². The molecule has 0 bridgehead atoms. The van der Waals surface area contributed by atoms with Crippen molar-refractivity contribution in [2.24, 2.45) is 5.92 Å². The molecular formula is C23H22N4O2. The van der Waals surface area contributed by atoms with Crippen LogP contribution in [0.15, 0.2) is 79.3 Å². The topological polar surface area (TPSA) is 66.4 Å². The van der Waals surface area contributed by atoms with E-state index < -0.39 is 0 Å². The fourth-order valence-electron chi connectivity index (χ4n) is 3.45. The van der Waals surface area contributed by atoms with E-state index in [-0.39, 0.29) is 17.7 Å². The summed E-state index contributed by atoms with van der Waals surface area (Å²) in [5, 5.41) is 0. The summed E-state index contributed by atoms with van der Waals surface area (Å²) in [5.74, 6) is -0.302. The van der Waals surface area contributed by atoms with E-state index in [0.29, 0.717) is 31.9 Å². The Bertz CT molecular complexity index is 916. The lowest BCUT2D eigenvalue weighted by molar-refractivity contribution is -0.141. The molecule has 4 rings (SSSR count). The molecule has 1 fully saturated rings. The highest BCUT2D eigenvalue weighted by Gasteiger charge is 2.38. The van der Waals surface area contributed by atoms with Gasteiger partial charge in [0, 0.05) is 38.6 Å². The molecule has 1 saturated heterocycles. The summed E-state index contributed by atoms with van der Waals surface area (Å²) in [6.45, 7) is 1.91. The van der Waals surface area contributed by atoms with Crippen molar-refractivity contribution in [3.8, 4) is 0 Å². The lowest BCUT2D eigenvalue weighted by Crippen LogP contribution is -2.56. The Balaban J connectivity index is 1.43. The van der Waals surface area contributed by atoms with E-state index in [2.05, 4.69) is 9.97 Å². The van der Waals surface area contributed by atoms with Crippen LogP contribution in [-0.2, 0) is 17.9 Å². The summed E-state index contributed by atoms with van der Waals surface area (Å²) < 4.78 is 0. The number of hydrogen-bond acceptors (Lipinski definition) is 4. The summed E-state index contributed by atoms with van der Waals surface area (Å²) in [6.07, 6.45) is 4.48. The fourth-order valence-corrected chi connectivity index (χ4v) is 3.45. The summed E-state index contributed by atoms with van der Waals surface area (Å²) in [5.41, 5.74) is 2.48. The van der Waals surface area contributed by atoms with Crippen LogP contribution >= 0.6 is 0 Å². The van der Waals surface area contributed by atoms with Gasteiger partial charge in [-0.1, -0.05) is 60.7 Å². The first-order chi connectivity index (χ1) is 14.2. The Kier molecular flexibility index (Phi) is 5.61. The Morgan fingerprint density at radius 1 is 0.897 bits per heavy atom. The van der Waals surface area contributed by atoms with E-state index in [4.69, 9.17) is 0 Å². The fraction of sp³-hybridized carbons (Fsp3) is 0.217. The zero-order chi connectivity index (χ0) is 20.1. The van der Waals surface area contributed by atoms with Gasteiger partial charge in [-0.3, -0.25) is 14.6 Å². The third-order valence-electron chi connectivity index (χ3n) is 5.04. The third-order valence-corrected chi connectivity index (χ3v) is 5.04. The number of hydrogen-bond donors (Lipinski definition) is 0. The molecule has 1 aliphatic rings. The van der Waals surface area contributed by atoms with Crippen molar-refractivity contribution in [1.82, 2.24) is 19.8 Å². The van der Waals surface area contributed by atoms with E-state index in [1.54, 1.807) is 4.90 Å². The van der Waals surface area contributed by atoms with Crippen molar-refractivity contribution in [3.05, 3.63) is 96.1 Å². The van der Waals surface area contributed by atoms with Crippen LogP contribution in [0.4, 0.5) is 0 Å². The minimum atomic E-state index is -0.192. The molecular weight excluding hydrogens is 364 g/mol. The minimum absolute atomic E-state index is 0.0703. The van der Waals surface area contributed by atoms with Gasteiger partial charge in [0.1, 0.15) is 5.69 Å². The Hall–Kier alpha value is -3.54. The zero-order valence-electron chi connectivity index (χ0n) is 16.0. The predicted molar refractivity (Wildman–Crippen MR) is 109 cm³/mol. The van der Waals surface area contributed by atoms with Crippen LogP contribution in [-0.4, -0.2) is 44.7 Å². The van der Waals surface area contributed by atoms with Crippen LogP contribution in [0.3, 0.4) is 0 Å². The van der Waals surface area contributed by atoms with Crippen LogP contribution in [0.1, 0.15) is 21.6 Å². The van der Waals surface area contributed by atoms with E-state index in [1.807, 2.05) is 65.6 Å². The highest BCUT2D eigenvalue weighted by molar-refractivity contribution is 5.94. The maximum absolute atomic E-state index is 13.2. The van der Waals surface area contributed by atoms with Crippen LogP contribution in [0.2, 0.25) is 0 Å². The Labute approximate surface area is 169 Å². The smallest absolute Gasteiger partial charge is 0.274 e. The van der Waals surface area contributed by atoms with Crippen molar-refractivity contribution >= 4 is 11.8 Å². The van der Waals surface area contributed by atoms with Gasteiger partial charge in [-0.05, 0) is 11.1 Å². The van der Waals surface area contributed by atoms with Crippen LogP contribution in [0, 0.1) is 5.92 Å². The van der Waals surface area contributed by atoms with Gasteiger partial charge >= 0.3 is 0 Å². The molecule has 0 spiro atoms. The van der Waals surface area contributed by atoms with E-state index in [0.717, 1.165) is 11.1 Å². The quantitative estimate of drug-likeness (QED) is 0.653. The molecule has 29 heavy (non-hydrogen) atoms. The lowest BCUT2D eigenvalue weighted by Gasteiger charge is -2.40. The number of nitrogens with zero attached hydrogens (tertiary/aromatic N) is 4. The largest absolute Gasteiger partial charge is 0.336 e. The van der Waals surface area contributed by atoms with Crippen molar-refractivity contribution in [2.45, 2.75) is 13.1 Å². The molecule has 2 aromatic carbocycles. The molecule has 0 unspecified atom stereocenters. The molecule has 1 aliphatic heterocycles. The molecule has 0 aliphatic carbocycles. The number of amides is 2.